The minimum atomic E-state index is -0.597. The summed E-state index contributed by atoms with van der Waals surface area (Å²) in [7, 11) is 0. The van der Waals surface area contributed by atoms with Gasteiger partial charge in [-0.15, -0.1) is 6.42 Å². The maximum atomic E-state index is 11.0. The summed E-state index contributed by atoms with van der Waals surface area (Å²) in [5.41, 5.74) is -0.427. The van der Waals surface area contributed by atoms with E-state index in [1.54, 1.807) is 0 Å². The summed E-state index contributed by atoms with van der Waals surface area (Å²) in [6, 6.07) is 0. The molecule has 0 aromatic heterocycles. The van der Waals surface area contributed by atoms with Gasteiger partial charge >= 0.3 is 0 Å². The van der Waals surface area contributed by atoms with E-state index < -0.39 is 5.60 Å². The van der Waals surface area contributed by atoms with Crippen molar-refractivity contribution in [2.45, 2.75) is 51.0 Å². The molecule has 0 spiro atoms. The first kappa shape index (κ1) is 12.5. The normalized spacial score (nSPS) is 44.6. The monoisotopic (exact) mass is 247 g/mol. The van der Waals surface area contributed by atoms with Gasteiger partial charge in [-0.05, 0) is 63.2 Å². The van der Waals surface area contributed by atoms with E-state index in [4.69, 9.17) is 6.42 Å². The largest absolute Gasteiger partial charge is 0.388 e. The lowest BCUT2D eigenvalue weighted by Gasteiger charge is -2.61. The summed E-state index contributed by atoms with van der Waals surface area (Å²) < 4.78 is 0. The number of aliphatic hydroxyl groups is 1. The third-order valence-electron chi connectivity index (χ3n) is 5.88. The Morgan fingerprint density at radius 1 is 1.22 bits per heavy atom. The van der Waals surface area contributed by atoms with Gasteiger partial charge in [0.05, 0.1) is 12.1 Å². The minimum Gasteiger partial charge on any atom is -0.388 e. The maximum Gasteiger partial charge on any atom is 0.0800 e. The molecule has 100 valence electrons. The molecule has 4 rings (SSSR count). The van der Waals surface area contributed by atoms with Crippen LogP contribution in [-0.2, 0) is 0 Å². The van der Waals surface area contributed by atoms with Crippen molar-refractivity contribution in [1.29, 1.82) is 0 Å². The SMILES string of the molecule is C#CCNCC(C)(O)C12CC3CC(CC(C3)C1)C2. The first-order valence-electron chi connectivity index (χ1n) is 7.41. The maximum absolute atomic E-state index is 11.0. The highest BCUT2D eigenvalue weighted by Gasteiger charge is 2.57. The molecule has 2 heteroatoms. The molecule has 4 saturated carbocycles. The second-order valence-electron chi connectivity index (χ2n) is 7.28. The fraction of sp³-hybridized carbons (Fsp3) is 0.875. The third kappa shape index (κ3) is 1.89. The van der Waals surface area contributed by atoms with Gasteiger partial charge in [0, 0.05) is 12.0 Å². The molecule has 4 aliphatic carbocycles. The van der Waals surface area contributed by atoms with Crippen LogP contribution >= 0.6 is 0 Å². The molecule has 0 heterocycles. The van der Waals surface area contributed by atoms with E-state index in [1.807, 2.05) is 6.92 Å². The molecule has 18 heavy (non-hydrogen) atoms. The van der Waals surface area contributed by atoms with Gasteiger partial charge < -0.3 is 10.4 Å². The van der Waals surface area contributed by atoms with Gasteiger partial charge in [0.2, 0.25) is 0 Å². The predicted octanol–water partition coefficient (Wildman–Crippen LogP) is 2.18. The van der Waals surface area contributed by atoms with Crippen LogP contribution in [0.25, 0.3) is 0 Å². The van der Waals surface area contributed by atoms with Gasteiger partial charge in [-0.1, -0.05) is 5.92 Å². The van der Waals surface area contributed by atoms with Crippen LogP contribution in [0, 0.1) is 35.5 Å². The molecule has 4 bridgehead atoms. The van der Waals surface area contributed by atoms with Gasteiger partial charge in [0.15, 0.2) is 0 Å². The van der Waals surface area contributed by atoms with Crippen molar-refractivity contribution >= 4 is 0 Å². The number of hydrogen-bond acceptors (Lipinski definition) is 2. The van der Waals surface area contributed by atoms with E-state index in [-0.39, 0.29) is 5.41 Å². The lowest BCUT2D eigenvalue weighted by atomic mass is 9.45. The van der Waals surface area contributed by atoms with E-state index in [2.05, 4.69) is 11.2 Å². The van der Waals surface area contributed by atoms with Gasteiger partial charge in [-0.3, -0.25) is 0 Å². The first-order valence-corrected chi connectivity index (χ1v) is 7.41. The quantitative estimate of drug-likeness (QED) is 0.589. The second-order valence-corrected chi connectivity index (χ2v) is 7.28. The molecular weight excluding hydrogens is 222 g/mol. The van der Waals surface area contributed by atoms with Gasteiger partial charge in [-0.2, -0.15) is 0 Å². The smallest absolute Gasteiger partial charge is 0.0800 e. The Labute approximate surface area is 111 Å². The minimum absolute atomic E-state index is 0.170. The zero-order valence-electron chi connectivity index (χ0n) is 11.4. The molecule has 0 amide bonds. The highest BCUT2D eigenvalue weighted by molar-refractivity contribution is 5.09. The standard InChI is InChI=1S/C16H25NO/c1-3-4-17-11-15(2,18)16-8-12-5-13(9-16)7-14(6-12)10-16/h1,12-14,17-18H,4-11H2,2H3. The van der Waals surface area contributed by atoms with E-state index >= 15 is 0 Å². The van der Waals surface area contributed by atoms with E-state index in [9.17, 15) is 5.11 Å². The Bertz CT molecular complexity index is 330. The van der Waals surface area contributed by atoms with Crippen molar-refractivity contribution in [3.8, 4) is 12.3 Å². The predicted molar refractivity (Wildman–Crippen MR) is 72.9 cm³/mol. The summed E-state index contributed by atoms with van der Waals surface area (Å²) >= 11 is 0. The highest BCUT2D eigenvalue weighted by Crippen LogP contribution is 2.63. The van der Waals surface area contributed by atoms with Crippen molar-refractivity contribution in [3.05, 3.63) is 0 Å². The molecule has 1 unspecified atom stereocenters. The topological polar surface area (TPSA) is 32.3 Å². The zero-order valence-corrected chi connectivity index (χ0v) is 11.4. The van der Waals surface area contributed by atoms with Crippen LogP contribution in [0.1, 0.15) is 45.4 Å². The van der Waals surface area contributed by atoms with Crippen LogP contribution in [0.4, 0.5) is 0 Å². The van der Waals surface area contributed by atoms with Gasteiger partial charge in [0.25, 0.3) is 0 Å². The summed E-state index contributed by atoms with van der Waals surface area (Å²) in [5.74, 6) is 5.25. The molecular formula is C16H25NO. The van der Waals surface area contributed by atoms with Crippen molar-refractivity contribution in [1.82, 2.24) is 5.32 Å². The molecule has 4 fully saturated rings. The molecule has 1 atom stereocenters. The molecule has 0 saturated heterocycles. The Hall–Kier alpha value is -0.520. The third-order valence-corrected chi connectivity index (χ3v) is 5.88. The average Bonchev–Trinajstić information content (AvgIpc) is 2.27. The van der Waals surface area contributed by atoms with Crippen molar-refractivity contribution in [2.75, 3.05) is 13.1 Å². The molecule has 0 aliphatic heterocycles. The zero-order chi connectivity index (χ0) is 12.8. The Kier molecular flexibility index (Phi) is 2.95. The van der Waals surface area contributed by atoms with Crippen LogP contribution in [0.2, 0.25) is 0 Å². The lowest BCUT2D eigenvalue weighted by molar-refractivity contribution is -0.168. The Morgan fingerprint density at radius 2 is 1.72 bits per heavy atom. The van der Waals surface area contributed by atoms with Crippen LogP contribution < -0.4 is 5.32 Å². The van der Waals surface area contributed by atoms with Crippen LogP contribution in [0.3, 0.4) is 0 Å². The number of hydrogen-bond donors (Lipinski definition) is 2. The lowest BCUT2D eigenvalue weighted by Crippen LogP contribution is -2.60. The van der Waals surface area contributed by atoms with Crippen molar-refractivity contribution in [3.63, 3.8) is 0 Å². The Balaban J connectivity index is 1.76. The molecule has 0 aromatic carbocycles. The summed E-state index contributed by atoms with van der Waals surface area (Å²) in [4.78, 5) is 0. The fourth-order valence-electron chi connectivity index (χ4n) is 5.34. The van der Waals surface area contributed by atoms with Crippen LogP contribution in [0.5, 0.6) is 0 Å². The van der Waals surface area contributed by atoms with E-state index in [0.29, 0.717) is 13.1 Å². The fourth-order valence-corrected chi connectivity index (χ4v) is 5.34. The molecule has 4 aliphatic rings. The number of rotatable bonds is 4. The summed E-state index contributed by atoms with van der Waals surface area (Å²) in [6.07, 6.45) is 13.3. The number of terminal acetylenes is 1. The summed E-state index contributed by atoms with van der Waals surface area (Å²) in [5, 5.41) is 14.2. The van der Waals surface area contributed by atoms with E-state index in [1.165, 1.54) is 38.5 Å². The van der Waals surface area contributed by atoms with Gasteiger partial charge in [0.1, 0.15) is 0 Å². The van der Waals surface area contributed by atoms with Gasteiger partial charge in [-0.25, -0.2) is 0 Å². The highest BCUT2D eigenvalue weighted by atomic mass is 16.3. The number of nitrogens with one attached hydrogen (secondary N) is 1. The Morgan fingerprint density at radius 3 is 2.17 bits per heavy atom. The first-order chi connectivity index (χ1) is 8.55. The van der Waals surface area contributed by atoms with Crippen molar-refractivity contribution in [2.24, 2.45) is 23.2 Å². The second kappa shape index (κ2) is 4.25. The average molecular weight is 247 g/mol. The van der Waals surface area contributed by atoms with Crippen LogP contribution in [0.15, 0.2) is 0 Å². The van der Waals surface area contributed by atoms with E-state index in [0.717, 1.165) is 17.8 Å². The molecule has 2 N–H and O–H groups in total. The molecule has 0 radical (unpaired) electrons. The van der Waals surface area contributed by atoms with Crippen molar-refractivity contribution < 1.29 is 5.11 Å². The summed E-state index contributed by atoms with van der Waals surface area (Å²) in [6.45, 7) is 3.23. The molecule has 0 aromatic rings. The molecule has 2 nitrogen and oxygen atoms in total. The van der Waals surface area contributed by atoms with Crippen LogP contribution in [-0.4, -0.2) is 23.8 Å².